The molecule has 0 heterocycles. The third kappa shape index (κ3) is 4.97. The van der Waals surface area contributed by atoms with Gasteiger partial charge < -0.3 is 14.2 Å². The molecule has 0 N–H and O–H groups in total. The Hall–Kier alpha value is -2.57. The molecule has 0 unspecified atom stereocenters. The van der Waals surface area contributed by atoms with Gasteiger partial charge >= 0.3 is 5.97 Å². The van der Waals surface area contributed by atoms with Gasteiger partial charge in [-0.15, -0.1) is 0 Å². The maximum absolute atomic E-state index is 11.2. The SMILES string of the molecule is CCOC(=O)COc1cc(C=C[N+](=O)[O-])ccc1OC. The largest absolute Gasteiger partial charge is 0.493 e. The molecule has 0 saturated carbocycles. The fraction of sp³-hybridized carbons (Fsp3) is 0.308. The van der Waals surface area contributed by atoms with Crippen LogP contribution in [0.1, 0.15) is 12.5 Å². The highest BCUT2D eigenvalue weighted by Gasteiger charge is 2.09. The third-order valence-electron chi connectivity index (χ3n) is 2.23. The van der Waals surface area contributed by atoms with Crippen molar-refractivity contribution < 1.29 is 23.9 Å². The van der Waals surface area contributed by atoms with E-state index in [1.54, 1.807) is 19.1 Å². The summed E-state index contributed by atoms with van der Waals surface area (Å²) in [6, 6.07) is 4.77. The maximum Gasteiger partial charge on any atom is 0.344 e. The number of methoxy groups -OCH3 is 1. The maximum atomic E-state index is 11.2. The zero-order valence-electron chi connectivity index (χ0n) is 11.2. The van der Waals surface area contributed by atoms with Crippen LogP contribution in [0.15, 0.2) is 24.4 Å². The predicted octanol–water partition coefficient (Wildman–Crippen LogP) is 1.88. The van der Waals surface area contributed by atoms with Crippen molar-refractivity contribution in [3.05, 3.63) is 40.1 Å². The van der Waals surface area contributed by atoms with E-state index < -0.39 is 10.9 Å². The number of hydrogen-bond acceptors (Lipinski definition) is 6. The number of carbonyl (C=O) groups is 1. The van der Waals surface area contributed by atoms with Gasteiger partial charge in [0.25, 0.3) is 0 Å². The summed E-state index contributed by atoms with van der Waals surface area (Å²) in [5, 5.41) is 10.3. The molecule has 0 aliphatic heterocycles. The topological polar surface area (TPSA) is 87.9 Å². The zero-order valence-corrected chi connectivity index (χ0v) is 11.2. The van der Waals surface area contributed by atoms with Gasteiger partial charge in [-0.3, -0.25) is 10.1 Å². The van der Waals surface area contributed by atoms with Crippen LogP contribution in [0.4, 0.5) is 0 Å². The minimum atomic E-state index is -0.566. The molecule has 1 aromatic carbocycles. The first-order valence-corrected chi connectivity index (χ1v) is 5.85. The molecule has 20 heavy (non-hydrogen) atoms. The quantitative estimate of drug-likeness (QED) is 0.431. The van der Waals surface area contributed by atoms with E-state index in [4.69, 9.17) is 14.2 Å². The van der Waals surface area contributed by atoms with Crippen molar-refractivity contribution in [1.29, 1.82) is 0 Å². The van der Waals surface area contributed by atoms with Gasteiger partial charge in [0.2, 0.25) is 6.20 Å². The molecular formula is C13H15NO6. The van der Waals surface area contributed by atoms with E-state index >= 15 is 0 Å². The normalized spacial score (nSPS) is 10.3. The van der Waals surface area contributed by atoms with Gasteiger partial charge in [0.05, 0.1) is 18.6 Å². The van der Waals surface area contributed by atoms with Crippen molar-refractivity contribution in [2.75, 3.05) is 20.3 Å². The minimum Gasteiger partial charge on any atom is -0.493 e. The number of carbonyl (C=O) groups excluding carboxylic acids is 1. The van der Waals surface area contributed by atoms with Crippen molar-refractivity contribution in [2.24, 2.45) is 0 Å². The van der Waals surface area contributed by atoms with Crippen LogP contribution in [0, 0.1) is 10.1 Å². The Morgan fingerprint density at radius 1 is 1.40 bits per heavy atom. The average molecular weight is 281 g/mol. The Kier molecular flexibility index (Phi) is 6.02. The summed E-state index contributed by atoms with van der Waals surface area (Å²) >= 11 is 0. The van der Waals surface area contributed by atoms with Crippen LogP contribution in [-0.4, -0.2) is 31.2 Å². The highest BCUT2D eigenvalue weighted by molar-refractivity contribution is 5.71. The second-order valence-corrected chi connectivity index (χ2v) is 3.61. The lowest BCUT2D eigenvalue weighted by atomic mass is 10.2. The first-order chi connectivity index (χ1) is 9.56. The van der Waals surface area contributed by atoms with Crippen LogP contribution in [0.2, 0.25) is 0 Å². The number of esters is 1. The molecule has 0 aromatic heterocycles. The van der Waals surface area contributed by atoms with E-state index in [-0.39, 0.29) is 13.2 Å². The standard InChI is InChI=1S/C13H15NO6/c1-3-19-13(15)9-20-12-8-10(6-7-14(16)17)4-5-11(12)18-2/h4-8H,3,9H2,1-2H3. The molecule has 0 spiro atoms. The van der Waals surface area contributed by atoms with Crippen LogP contribution in [0.25, 0.3) is 6.08 Å². The number of ether oxygens (including phenoxy) is 3. The lowest BCUT2D eigenvalue weighted by Gasteiger charge is -2.10. The van der Waals surface area contributed by atoms with E-state index in [9.17, 15) is 14.9 Å². The fourth-order valence-corrected chi connectivity index (χ4v) is 1.40. The molecule has 0 aliphatic rings. The van der Waals surface area contributed by atoms with Crippen molar-refractivity contribution in [3.63, 3.8) is 0 Å². The fourth-order valence-electron chi connectivity index (χ4n) is 1.40. The second-order valence-electron chi connectivity index (χ2n) is 3.61. The van der Waals surface area contributed by atoms with Gasteiger partial charge in [0, 0.05) is 6.08 Å². The molecule has 0 saturated heterocycles. The van der Waals surface area contributed by atoms with E-state index in [0.29, 0.717) is 17.1 Å². The first kappa shape index (κ1) is 15.5. The van der Waals surface area contributed by atoms with Crippen LogP contribution >= 0.6 is 0 Å². The van der Waals surface area contributed by atoms with Gasteiger partial charge in [-0.1, -0.05) is 6.07 Å². The predicted molar refractivity (Wildman–Crippen MR) is 71.2 cm³/mol. The number of rotatable bonds is 7. The Balaban J connectivity index is 2.83. The van der Waals surface area contributed by atoms with Crippen molar-refractivity contribution in [2.45, 2.75) is 6.92 Å². The number of nitro groups is 1. The van der Waals surface area contributed by atoms with Gasteiger partial charge in [-0.2, -0.15) is 0 Å². The lowest BCUT2D eigenvalue weighted by Crippen LogP contribution is -2.14. The highest BCUT2D eigenvalue weighted by Crippen LogP contribution is 2.28. The summed E-state index contributed by atoms with van der Waals surface area (Å²) < 4.78 is 15.1. The molecule has 0 bridgehead atoms. The molecule has 0 radical (unpaired) electrons. The van der Waals surface area contributed by atoms with Crippen molar-refractivity contribution >= 4 is 12.0 Å². The van der Waals surface area contributed by atoms with E-state index in [2.05, 4.69) is 0 Å². The Morgan fingerprint density at radius 3 is 2.75 bits per heavy atom. The molecule has 1 aromatic rings. The van der Waals surface area contributed by atoms with Crippen LogP contribution in [0.5, 0.6) is 11.5 Å². The zero-order chi connectivity index (χ0) is 15.0. The Bertz CT molecular complexity index is 512. The second kappa shape index (κ2) is 7.78. The molecule has 7 nitrogen and oxygen atoms in total. The summed E-state index contributed by atoms with van der Waals surface area (Å²) in [6.45, 7) is 1.71. The van der Waals surface area contributed by atoms with E-state index in [1.165, 1.54) is 19.3 Å². The van der Waals surface area contributed by atoms with E-state index in [0.717, 1.165) is 6.20 Å². The number of hydrogen-bond donors (Lipinski definition) is 0. The van der Waals surface area contributed by atoms with Crippen LogP contribution in [-0.2, 0) is 9.53 Å². The van der Waals surface area contributed by atoms with Crippen LogP contribution in [0.3, 0.4) is 0 Å². The summed E-state index contributed by atoms with van der Waals surface area (Å²) in [5.41, 5.74) is 0.557. The van der Waals surface area contributed by atoms with Gasteiger partial charge in [-0.25, -0.2) is 4.79 Å². The Morgan fingerprint density at radius 2 is 2.15 bits per heavy atom. The molecule has 7 heteroatoms. The van der Waals surface area contributed by atoms with E-state index in [1.807, 2.05) is 0 Å². The summed E-state index contributed by atoms with van der Waals surface area (Å²) in [4.78, 5) is 20.9. The molecule has 1 rings (SSSR count). The molecule has 0 fully saturated rings. The van der Waals surface area contributed by atoms with Crippen molar-refractivity contribution in [1.82, 2.24) is 0 Å². The molecule has 0 atom stereocenters. The van der Waals surface area contributed by atoms with Crippen molar-refractivity contribution in [3.8, 4) is 11.5 Å². The Labute approximate surface area is 115 Å². The number of benzene rings is 1. The molecule has 0 amide bonds. The third-order valence-corrected chi connectivity index (χ3v) is 2.23. The molecule has 0 aliphatic carbocycles. The summed E-state index contributed by atoms with van der Waals surface area (Å²) in [6.07, 6.45) is 2.13. The minimum absolute atomic E-state index is 0.257. The molecular weight excluding hydrogens is 266 g/mol. The van der Waals surface area contributed by atoms with Gasteiger partial charge in [0.1, 0.15) is 0 Å². The lowest BCUT2D eigenvalue weighted by molar-refractivity contribution is -0.400. The van der Waals surface area contributed by atoms with Gasteiger partial charge in [-0.05, 0) is 24.6 Å². The summed E-state index contributed by atoms with van der Waals surface area (Å²) in [5.74, 6) is 0.236. The average Bonchev–Trinajstić information content (AvgIpc) is 2.43. The monoisotopic (exact) mass is 281 g/mol. The molecule has 108 valence electrons. The van der Waals surface area contributed by atoms with Crippen LogP contribution < -0.4 is 9.47 Å². The summed E-state index contributed by atoms with van der Waals surface area (Å²) in [7, 11) is 1.46. The first-order valence-electron chi connectivity index (χ1n) is 5.85. The van der Waals surface area contributed by atoms with Gasteiger partial charge in [0.15, 0.2) is 18.1 Å². The smallest absolute Gasteiger partial charge is 0.344 e. The highest BCUT2D eigenvalue weighted by atomic mass is 16.6. The number of nitrogens with zero attached hydrogens (tertiary/aromatic N) is 1.